The van der Waals surface area contributed by atoms with Gasteiger partial charge in [-0.3, -0.25) is 19.3 Å². The molecule has 0 radical (unpaired) electrons. The van der Waals surface area contributed by atoms with E-state index >= 15 is 0 Å². The number of nitrogens with zero attached hydrogens (tertiary/aromatic N) is 1. The van der Waals surface area contributed by atoms with Crippen LogP contribution in [0, 0.1) is 0 Å². The van der Waals surface area contributed by atoms with Crippen molar-refractivity contribution in [2.75, 3.05) is 20.2 Å². The normalized spacial score (nSPS) is 17.1. The maximum absolute atomic E-state index is 12.6. The number of benzene rings is 1. The molecule has 0 unspecified atom stereocenters. The molecule has 2 aliphatic rings. The first kappa shape index (κ1) is 19.7. The van der Waals surface area contributed by atoms with E-state index < -0.39 is 0 Å². The molecule has 150 valence electrons. The molecule has 0 bridgehead atoms. The number of fused-ring (bicyclic) bond motifs is 1. The molecular formula is C21H20N2O4S2. The number of carbonyl (C=O) groups excluding carboxylic acids is 3. The first-order valence-electron chi connectivity index (χ1n) is 9.34. The van der Waals surface area contributed by atoms with Gasteiger partial charge in [-0.05, 0) is 66.4 Å². The average molecular weight is 429 g/mol. The lowest BCUT2D eigenvalue weighted by Crippen LogP contribution is -2.37. The maximum atomic E-state index is 12.6. The van der Waals surface area contributed by atoms with Gasteiger partial charge in [-0.1, -0.05) is 12.1 Å². The predicted molar refractivity (Wildman–Crippen MR) is 114 cm³/mol. The number of aryl methyl sites for hydroxylation is 2. The van der Waals surface area contributed by atoms with Crippen molar-refractivity contribution in [2.24, 2.45) is 0 Å². The molecule has 2 aromatic rings. The monoisotopic (exact) mass is 428 g/mol. The molecule has 0 spiro atoms. The van der Waals surface area contributed by atoms with Crippen molar-refractivity contribution in [3.05, 3.63) is 56.1 Å². The van der Waals surface area contributed by atoms with Crippen LogP contribution in [0.5, 0.6) is 5.75 Å². The molecule has 2 heterocycles. The van der Waals surface area contributed by atoms with Crippen molar-refractivity contribution >= 4 is 46.2 Å². The average Bonchev–Trinajstić information content (AvgIpc) is 3.39. The fourth-order valence-corrected chi connectivity index (χ4v) is 5.39. The van der Waals surface area contributed by atoms with Crippen LogP contribution in [0.2, 0.25) is 0 Å². The smallest absolute Gasteiger partial charge is 0.293 e. The van der Waals surface area contributed by atoms with Crippen LogP contribution in [0.4, 0.5) is 4.79 Å². The number of thiophene rings is 1. The van der Waals surface area contributed by atoms with Gasteiger partial charge in [0, 0.05) is 18.0 Å². The Morgan fingerprint density at radius 1 is 1.24 bits per heavy atom. The minimum atomic E-state index is -0.333. The van der Waals surface area contributed by atoms with E-state index in [2.05, 4.69) is 5.32 Å². The van der Waals surface area contributed by atoms with E-state index in [1.54, 1.807) is 25.3 Å². The Morgan fingerprint density at radius 3 is 2.76 bits per heavy atom. The highest BCUT2D eigenvalue weighted by Gasteiger charge is 2.34. The van der Waals surface area contributed by atoms with E-state index in [0.717, 1.165) is 42.3 Å². The van der Waals surface area contributed by atoms with E-state index in [0.29, 0.717) is 9.78 Å². The van der Waals surface area contributed by atoms with Gasteiger partial charge in [-0.15, -0.1) is 11.3 Å². The summed E-state index contributed by atoms with van der Waals surface area (Å²) in [5.74, 6) is 0.243. The molecule has 1 fully saturated rings. The Bertz CT molecular complexity index is 973. The van der Waals surface area contributed by atoms with Gasteiger partial charge in [0.25, 0.3) is 17.1 Å². The molecule has 1 saturated heterocycles. The molecule has 1 aromatic carbocycles. The van der Waals surface area contributed by atoms with Crippen LogP contribution >= 0.6 is 23.1 Å². The van der Waals surface area contributed by atoms with Crippen LogP contribution in [-0.4, -0.2) is 42.2 Å². The number of thioether (sulfide) groups is 1. The third kappa shape index (κ3) is 4.23. The summed E-state index contributed by atoms with van der Waals surface area (Å²) in [5.41, 5.74) is 2.09. The number of imide groups is 1. The zero-order chi connectivity index (χ0) is 20.4. The number of methoxy groups -OCH3 is 1. The van der Waals surface area contributed by atoms with Gasteiger partial charge in [-0.25, -0.2) is 0 Å². The van der Waals surface area contributed by atoms with Crippen molar-refractivity contribution in [1.29, 1.82) is 0 Å². The third-order valence-corrected chi connectivity index (χ3v) is 7.02. The number of hydrogen-bond acceptors (Lipinski definition) is 6. The van der Waals surface area contributed by atoms with Crippen LogP contribution in [0.15, 0.2) is 35.2 Å². The Balaban J connectivity index is 1.33. The summed E-state index contributed by atoms with van der Waals surface area (Å²) < 4.78 is 5.12. The van der Waals surface area contributed by atoms with E-state index in [1.165, 1.54) is 26.7 Å². The third-order valence-electron chi connectivity index (χ3n) is 4.88. The van der Waals surface area contributed by atoms with Crippen LogP contribution in [-0.2, 0) is 17.6 Å². The number of nitrogens with one attached hydrogen (secondary N) is 1. The summed E-state index contributed by atoms with van der Waals surface area (Å²) in [7, 11) is 1.59. The zero-order valence-corrected chi connectivity index (χ0v) is 17.5. The molecular weight excluding hydrogens is 408 g/mol. The predicted octanol–water partition coefficient (Wildman–Crippen LogP) is 3.71. The highest BCUT2D eigenvalue weighted by molar-refractivity contribution is 8.18. The van der Waals surface area contributed by atoms with Crippen molar-refractivity contribution < 1.29 is 19.1 Å². The summed E-state index contributed by atoms with van der Waals surface area (Å²) in [6.45, 7) is 0.386. The molecule has 4 rings (SSSR count). The molecule has 1 aromatic heterocycles. The zero-order valence-electron chi connectivity index (χ0n) is 15.9. The van der Waals surface area contributed by atoms with E-state index in [4.69, 9.17) is 4.74 Å². The number of hydrogen-bond donors (Lipinski definition) is 1. The van der Waals surface area contributed by atoms with E-state index in [-0.39, 0.29) is 30.1 Å². The Hall–Kier alpha value is -2.58. The number of amides is 3. The second-order valence-electron chi connectivity index (χ2n) is 6.78. The van der Waals surface area contributed by atoms with E-state index in [1.807, 2.05) is 18.2 Å². The molecule has 1 aliphatic heterocycles. The summed E-state index contributed by atoms with van der Waals surface area (Å²) in [6.07, 6.45) is 4.93. The van der Waals surface area contributed by atoms with Gasteiger partial charge in [0.2, 0.25) is 0 Å². The lowest BCUT2D eigenvalue weighted by Gasteiger charge is -2.12. The van der Waals surface area contributed by atoms with Crippen LogP contribution in [0.1, 0.15) is 32.1 Å². The first-order valence-corrected chi connectivity index (χ1v) is 11.0. The van der Waals surface area contributed by atoms with Crippen molar-refractivity contribution in [3.63, 3.8) is 0 Å². The SMILES string of the molecule is COc1ccc(/C=C2/SC(=O)N(CCNC(=O)c3cc4c(s3)CCC4)C2=O)cc1. The second kappa shape index (κ2) is 8.42. The van der Waals surface area contributed by atoms with E-state index in [9.17, 15) is 14.4 Å². The lowest BCUT2D eigenvalue weighted by atomic mass is 10.2. The van der Waals surface area contributed by atoms with Gasteiger partial charge in [0.05, 0.1) is 16.9 Å². The fraction of sp³-hybridized carbons (Fsp3) is 0.286. The van der Waals surface area contributed by atoms with Crippen molar-refractivity contribution in [2.45, 2.75) is 19.3 Å². The van der Waals surface area contributed by atoms with Crippen molar-refractivity contribution in [1.82, 2.24) is 10.2 Å². The highest BCUT2D eigenvalue weighted by Crippen LogP contribution is 2.32. The molecule has 6 nitrogen and oxygen atoms in total. The van der Waals surface area contributed by atoms with Gasteiger partial charge < -0.3 is 10.1 Å². The molecule has 1 N–H and O–H groups in total. The van der Waals surface area contributed by atoms with Crippen LogP contribution in [0.3, 0.4) is 0 Å². The second-order valence-corrected chi connectivity index (χ2v) is 8.90. The summed E-state index contributed by atoms with van der Waals surface area (Å²) in [4.78, 5) is 40.7. The number of ether oxygens (including phenoxy) is 1. The summed E-state index contributed by atoms with van der Waals surface area (Å²) >= 11 is 2.45. The van der Waals surface area contributed by atoms with Gasteiger partial charge in [-0.2, -0.15) is 0 Å². The van der Waals surface area contributed by atoms with Crippen LogP contribution in [0.25, 0.3) is 6.08 Å². The first-order chi connectivity index (χ1) is 14.0. The van der Waals surface area contributed by atoms with Gasteiger partial charge in [0.15, 0.2) is 0 Å². The van der Waals surface area contributed by atoms with Gasteiger partial charge >= 0.3 is 0 Å². The molecule has 29 heavy (non-hydrogen) atoms. The maximum Gasteiger partial charge on any atom is 0.293 e. The number of rotatable bonds is 6. The quantitative estimate of drug-likeness (QED) is 0.710. The fourth-order valence-electron chi connectivity index (χ4n) is 3.35. The number of carbonyl (C=O) groups is 3. The Morgan fingerprint density at radius 2 is 2.03 bits per heavy atom. The summed E-state index contributed by atoms with van der Waals surface area (Å²) in [5, 5.41) is 2.50. The van der Waals surface area contributed by atoms with Crippen LogP contribution < -0.4 is 10.1 Å². The Labute approximate surface area is 176 Å². The van der Waals surface area contributed by atoms with Crippen molar-refractivity contribution in [3.8, 4) is 5.75 Å². The highest BCUT2D eigenvalue weighted by atomic mass is 32.2. The molecule has 3 amide bonds. The Kier molecular flexibility index (Phi) is 5.73. The molecule has 0 saturated carbocycles. The lowest BCUT2D eigenvalue weighted by molar-refractivity contribution is -0.122. The molecule has 0 atom stereocenters. The summed E-state index contributed by atoms with van der Waals surface area (Å²) in [6, 6.07) is 9.20. The minimum absolute atomic E-state index is 0.148. The largest absolute Gasteiger partial charge is 0.497 e. The topological polar surface area (TPSA) is 75.7 Å². The van der Waals surface area contributed by atoms with Gasteiger partial charge in [0.1, 0.15) is 5.75 Å². The molecule has 1 aliphatic carbocycles. The minimum Gasteiger partial charge on any atom is -0.497 e. The standard InChI is InChI=1S/C21H20N2O4S2/c1-27-15-7-5-13(6-8-15)11-18-20(25)23(21(26)29-18)10-9-22-19(24)17-12-14-3-2-4-16(14)28-17/h5-8,11-12H,2-4,9-10H2,1H3,(H,22,24)/b18-11+. The molecule has 8 heteroatoms.